The molecule has 7 heteroatoms. The van der Waals surface area contributed by atoms with E-state index in [1.165, 1.54) is 13.8 Å². The molecule has 0 aliphatic carbocycles. The summed E-state index contributed by atoms with van der Waals surface area (Å²) in [5.74, 6) is 3.90. The molecule has 0 amide bonds. The summed E-state index contributed by atoms with van der Waals surface area (Å²) in [5, 5.41) is -0.549. The Hall–Kier alpha value is -3.45. The van der Waals surface area contributed by atoms with Crippen LogP contribution in [0, 0.1) is 0 Å². The number of thioether (sulfide) groups is 1. The van der Waals surface area contributed by atoms with Crippen molar-refractivity contribution in [3.63, 3.8) is 0 Å². The zero-order valence-electron chi connectivity index (χ0n) is 22.5. The lowest BCUT2D eigenvalue weighted by Crippen LogP contribution is -2.07. The molecule has 0 bridgehead atoms. The summed E-state index contributed by atoms with van der Waals surface area (Å²) < 4.78 is 23.1. The molecule has 0 fully saturated rings. The highest BCUT2D eigenvalue weighted by molar-refractivity contribution is 8.14. The molecule has 0 N–H and O–H groups in total. The van der Waals surface area contributed by atoms with Crippen molar-refractivity contribution in [2.45, 2.75) is 51.7 Å². The van der Waals surface area contributed by atoms with Crippen LogP contribution in [0.3, 0.4) is 0 Å². The van der Waals surface area contributed by atoms with Crippen LogP contribution in [0.5, 0.6) is 28.7 Å². The number of ketones is 1. The van der Waals surface area contributed by atoms with Gasteiger partial charge in [0.1, 0.15) is 34.5 Å². The van der Waals surface area contributed by atoms with Crippen LogP contribution in [-0.4, -0.2) is 31.2 Å². The van der Waals surface area contributed by atoms with Crippen molar-refractivity contribution in [1.29, 1.82) is 0 Å². The van der Waals surface area contributed by atoms with Crippen LogP contribution in [0.15, 0.2) is 66.7 Å². The van der Waals surface area contributed by atoms with Gasteiger partial charge in [0.15, 0.2) is 5.12 Å². The topological polar surface area (TPSA) is 71.1 Å². The number of benzene rings is 3. The molecule has 0 heterocycles. The molecular weight excluding hydrogens is 500 g/mol. The average molecular weight is 537 g/mol. The third kappa shape index (κ3) is 9.14. The SMILES string of the molecule is CCCc1cc(Oc2ccc(OC)cc2)ccc1OCCCCOc1ccc(C(SC(C)=O)C(C)=O)cc1. The summed E-state index contributed by atoms with van der Waals surface area (Å²) in [5.41, 5.74) is 1.93. The maximum atomic E-state index is 11.9. The smallest absolute Gasteiger partial charge is 0.186 e. The van der Waals surface area contributed by atoms with Crippen LogP contribution in [0.25, 0.3) is 0 Å². The summed E-state index contributed by atoms with van der Waals surface area (Å²) in [6.45, 7) is 6.29. The predicted molar refractivity (Wildman–Crippen MR) is 152 cm³/mol. The minimum absolute atomic E-state index is 0.0413. The standard InChI is InChI=1S/C31H36O6S/c1-5-8-25-21-29(37-28-15-13-26(34-4)14-16-28)17-18-30(25)36-20-7-6-19-35-27-11-9-24(10-12-27)31(22(2)32)38-23(3)33/h9-18,21,31H,5-8,19-20H2,1-4H3. The first-order valence-electron chi connectivity index (χ1n) is 12.9. The minimum Gasteiger partial charge on any atom is -0.497 e. The number of ether oxygens (including phenoxy) is 4. The molecule has 0 radical (unpaired) electrons. The maximum Gasteiger partial charge on any atom is 0.186 e. The highest BCUT2D eigenvalue weighted by Gasteiger charge is 2.19. The summed E-state index contributed by atoms with van der Waals surface area (Å²) in [7, 11) is 1.64. The molecular formula is C31H36O6S. The molecule has 1 atom stereocenters. The summed E-state index contributed by atoms with van der Waals surface area (Å²) in [6, 6.07) is 20.8. The predicted octanol–water partition coefficient (Wildman–Crippen LogP) is 7.59. The van der Waals surface area contributed by atoms with E-state index in [1.807, 2.05) is 66.7 Å². The Kier molecular flexibility index (Phi) is 11.6. The number of methoxy groups -OCH3 is 1. The first kappa shape index (κ1) is 29.1. The highest BCUT2D eigenvalue weighted by atomic mass is 32.2. The normalized spacial score (nSPS) is 11.5. The van der Waals surface area contributed by atoms with Gasteiger partial charge in [-0.3, -0.25) is 9.59 Å². The Labute approximate surface area is 229 Å². The Morgan fingerprint density at radius 3 is 2.00 bits per heavy atom. The van der Waals surface area contributed by atoms with E-state index in [9.17, 15) is 9.59 Å². The van der Waals surface area contributed by atoms with Crippen LogP contribution in [0.1, 0.15) is 56.4 Å². The number of hydrogen-bond acceptors (Lipinski definition) is 7. The third-order valence-corrected chi connectivity index (χ3v) is 6.92. The van der Waals surface area contributed by atoms with Gasteiger partial charge in [-0.15, -0.1) is 0 Å². The van der Waals surface area contributed by atoms with E-state index in [4.69, 9.17) is 18.9 Å². The Bertz CT molecular complexity index is 1170. The number of aryl methyl sites for hydroxylation is 1. The largest absolute Gasteiger partial charge is 0.497 e. The highest BCUT2D eigenvalue weighted by Crippen LogP contribution is 2.32. The molecule has 0 aliphatic heterocycles. The first-order valence-corrected chi connectivity index (χ1v) is 13.8. The van der Waals surface area contributed by atoms with Crippen LogP contribution >= 0.6 is 11.8 Å². The van der Waals surface area contributed by atoms with Crippen molar-refractivity contribution in [2.75, 3.05) is 20.3 Å². The third-order valence-electron chi connectivity index (χ3n) is 5.75. The van der Waals surface area contributed by atoms with E-state index in [2.05, 4.69) is 6.92 Å². The monoisotopic (exact) mass is 536 g/mol. The molecule has 0 saturated carbocycles. The molecule has 1 unspecified atom stereocenters. The zero-order chi connectivity index (χ0) is 27.3. The second-order valence-electron chi connectivity index (χ2n) is 8.87. The van der Waals surface area contributed by atoms with Gasteiger partial charge in [0.05, 0.1) is 25.6 Å². The van der Waals surface area contributed by atoms with Gasteiger partial charge in [-0.25, -0.2) is 0 Å². The van der Waals surface area contributed by atoms with Crippen LogP contribution in [0.2, 0.25) is 0 Å². The van der Waals surface area contributed by atoms with Gasteiger partial charge in [-0.05, 0) is 91.9 Å². The lowest BCUT2D eigenvalue weighted by atomic mass is 10.1. The lowest BCUT2D eigenvalue weighted by molar-refractivity contribution is -0.117. The van der Waals surface area contributed by atoms with Gasteiger partial charge in [-0.1, -0.05) is 37.2 Å². The second kappa shape index (κ2) is 15.1. The molecule has 3 aromatic rings. The number of carbonyl (C=O) groups excluding carboxylic acids is 2. The fourth-order valence-electron chi connectivity index (χ4n) is 3.87. The molecule has 38 heavy (non-hydrogen) atoms. The van der Waals surface area contributed by atoms with Crippen molar-refractivity contribution < 1.29 is 28.5 Å². The van der Waals surface area contributed by atoms with E-state index >= 15 is 0 Å². The van der Waals surface area contributed by atoms with Crippen molar-refractivity contribution in [2.24, 2.45) is 0 Å². The van der Waals surface area contributed by atoms with Crippen LogP contribution < -0.4 is 18.9 Å². The van der Waals surface area contributed by atoms with Gasteiger partial charge >= 0.3 is 0 Å². The molecule has 0 aliphatic rings. The zero-order valence-corrected chi connectivity index (χ0v) is 23.3. The van der Waals surface area contributed by atoms with Gasteiger partial charge in [0.2, 0.25) is 0 Å². The molecule has 0 spiro atoms. The van der Waals surface area contributed by atoms with Gasteiger partial charge in [0, 0.05) is 6.92 Å². The van der Waals surface area contributed by atoms with E-state index in [-0.39, 0.29) is 10.9 Å². The molecule has 202 valence electrons. The molecule has 3 aromatic carbocycles. The minimum atomic E-state index is -0.473. The van der Waals surface area contributed by atoms with Crippen molar-refractivity contribution in [1.82, 2.24) is 0 Å². The lowest BCUT2D eigenvalue weighted by Gasteiger charge is -2.14. The first-order chi connectivity index (χ1) is 18.4. The van der Waals surface area contributed by atoms with E-state index < -0.39 is 5.25 Å². The van der Waals surface area contributed by atoms with Gasteiger partial charge < -0.3 is 18.9 Å². The Balaban J connectivity index is 1.44. The van der Waals surface area contributed by atoms with E-state index in [1.54, 1.807) is 7.11 Å². The number of hydrogen-bond donors (Lipinski definition) is 0. The molecule has 6 nitrogen and oxygen atoms in total. The van der Waals surface area contributed by atoms with Crippen molar-refractivity contribution in [3.05, 3.63) is 77.9 Å². The summed E-state index contributed by atoms with van der Waals surface area (Å²) in [4.78, 5) is 23.3. The number of Topliss-reactive ketones (excluding diaryl/α,β-unsaturated/α-hetero) is 1. The molecule has 0 aromatic heterocycles. The number of carbonyl (C=O) groups is 2. The van der Waals surface area contributed by atoms with Crippen molar-refractivity contribution >= 4 is 22.7 Å². The number of rotatable bonds is 15. The van der Waals surface area contributed by atoms with Gasteiger partial charge in [0.25, 0.3) is 0 Å². The Morgan fingerprint density at radius 2 is 1.39 bits per heavy atom. The van der Waals surface area contributed by atoms with Crippen LogP contribution in [0.4, 0.5) is 0 Å². The van der Waals surface area contributed by atoms with E-state index in [0.717, 1.165) is 77.3 Å². The fraction of sp³-hybridized carbons (Fsp3) is 0.355. The number of unbranched alkanes of at least 4 members (excludes halogenated alkanes) is 1. The second-order valence-corrected chi connectivity index (χ2v) is 10.2. The summed E-state index contributed by atoms with van der Waals surface area (Å²) in [6.07, 6.45) is 3.62. The average Bonchev–Trinajstić information content (AvgIpc) is 2.91. The van der Waals surface area contributed by atoms with Gasteiger partial charge in [-0.2, -0.15) is 0 Å². The summed E-state index contributed by atoms with van der Waals surface area (Å²) >= 11 is 1.04. The van der Waals surface area contributed by atoms with E-state index in [0.29, 0.717) is 13.2 Å². The molecule has 0 saturated heterocycles. The molecule has 3 rings (SSSR count). The van der Waals surface area contributed by atoms with Crippen LogP contribution in [-0.2, 0) is 16.0 Å². The quantitative estimate of drug-likeness (QED) is 0.185. The maximum absolute atomic E-state index is 11.9. The van der Waals surface area contributed by atoms with Crippen molar-refractivity contribution in [3.8, 4) is 28.7 Å². The fourth-order valence-corrected chi connectivity index (χ4v) is 4.66. The Morgan fingerprint density at radius 1 is 0.789 bits per heavy atom.